The van der Waals surface area contributed by atoms with E-state index in [1.807, 2.05) is 25.1 Å². The summed E-state index contributed by atoms with van der Waals surface area (Å²) in [6.45, 7) is 1.91. The van der Waals surface area contributed by atoms with Crippen LogP contribution in [0.3, 0.4) is 0 Å². The summed E-state index contributed by atoms with van der Waals surface area (Å²) in [7, 11) is 1.60. The molecule has 0 aliphatic carbocycles. The van der Waals surface area contributed by atoms with Gasteiger partial charge in [-0.1, -0.05) is 22.0 Å². The third-order valence-electron chi connectivity index (χ3n) is 2.92. The molecule has 0 radical (unpaired) electrons. The summed E-state index contributed by atoms with van der Waals surface area (Å²) in [5.41, 5.74) is 2.27. The van der Waals surface area contributed by atoms with Crippen LogP contribution in [0.2, 0.25) is 0 Å². The lowest BCUT2D eigenvalue weighted by Gasteiger charge is -2.10. The van der Waals surface area contributed by atoms with Crippen molar-refractivity contribution in [2.75, 3.05) is 12.4 Å². The number of nitrogens with one attached hydrogen (secondary N) is 1. The van der Waals surface area contributed by atoms with Crippen LogP contribution in [0.15, 0.2) is 45.3 Å². The molecule has 0 atom stereocenters. The van der Waals surface area contributed by atoms with Gasteiger partial charge in [0.15, 0.2) is 0 Å². The number of rotatable bonds is 3. The molecule has 0 saturated heterocycles. The van der Waals surface area contributed by atoms with Gasteiger partial charge in [-0.25, -0.2) is 0 Å². The fourth-order valence-corrected chi connectivity index (χ4v) is 2.70. The Balaban J connectivity index is 2.24. The first-order valence-electron chi connectivity index (χ1n) is 5.93. The van der Waals surface area contributed by atoms with Crippen molar-refractivity contribution in [3.05, 3.63) is 56.5 Å². The highest BCUT2D eigenvalue weighted by atomic mass is 79.9. The van der Waals surface area contributed by atoms with E-state index in [1.165, 1.54) is 0 Å². The van der Waals surface area contributed by atoms with Crippen molar-refractivity contribution in [1.29, 1.82) is 0 Å². The molecule has 0 spiro atoms. The summed E-state index contributed by atoms with van der Waals surface area (Å²) >= 11 is 6.82. The third kappa shape index (κ3) is 3.22. The first-order chi connectivity index (χ1) is 9.52. The minimum absolute atomic E-state index is 0.138. The molecule has 2 aromatic carbocycles. The maximum atomic E-state index is 12.3. The number of carbonyl (C=O) groups excluding carboxylic acids is 1. The van der Waals surface area contributed by atoms with E-state index in [-0.39, 0.29) is 5.91 Å². The van der Waals surface area contributed by atoms with E-state index in [4.69, 9.17) is 4.74 Å². The van der Waals surface area contributed by atoms with E-state index in [9.17, 15) is 4.79 Å². The summed E-state index contributed by atoms with van der Waals surface area (Å²) < 4.78 is 6.87. The van der Waals surface area contributed by atoms with Crippen LogP contribution in [-0.4, -0.2) is 13.0 Å². The van der Waals surface area contributed by atoms with E-state index in [0.29, 0.717) is 11.3 Å². The molecule has 0 heterocycles. The van der Waals surface area contributed by atoms with Crippen molar-refractivity contribution in [3.8, 4) is 5.75 Å². The molecule has 0 aliphatic rings. The van der Waals surface area contributed by atoms with Gasteiger partial charge in [0.1, 0.15) is 5.75 Å². The average Bonchev–Trinajstić information content (AvgIpc) is 2.42. The van der Waals surface area contributed by atoms with Crippen LogP contribution < -0.4 is 10.1 Å². The van der Waals surface area contributed by atoms with Gasteiger partial charge in [-0.2, -0.15) is 0 Å². The Morgan fingerprint density at radius 3 is 2.55 bits per heavy atom. The zero-order valence-electron chi connectivity index (χ0n) is 11.0. The number of methoxy groups -OCH3 is 1. The zero-order valence-corrected chi connectivity index (χ0v) is 14.2. The smallest absolute Gasteiger partial charge is 0.255 e. The Bertz CT molecular complexity index is 656. The molecule has 2 aromatic rings. The van der Waals surface area contributed by atoms with E-state index < -0.39 is 0 Å². The molecule has 0 fully saturated rings. The molecule has 2 rings (SSSR count). The van der Waals surface area contributed by atoms with Gasteiger partial charge in [0.2, 0.25) is 0 Å². The summed E-state index contributed by atoms with van der Waals surface area (Å²) in [6.07, 6.45) is 0. The van der Waals surface area contributed by atoms with Gasteiger partial charge >= 0.3 is 0 Å². The van der Waals surface area contributed by atoms with Crippen molar-refractivity contribution in [3.63, 3.8) is 0 Å². The number of amides is 1. The van der Waals surface area contributed by atoms with Crippen LogP contribution >= 0.6 is 31.9 Å². The predicted molar refractivity (Wildman–Crippen MR) is 87.5 cm³/mol. The van der Waals surface area contributed by atoms with E-state index in [0.717, 1.165) is 20.3 Å². The van der Waals surface area contributed by atoms with Gasteiger partial charge in [-0.15, -0.1) is 0 Å². The monoisotopic (exact) mass is 397 g/mol. The number of ether oxygens (including phenoxy) is 1. The average molecular weight is 399 g/mol. The minimum Gasteiger partial charge on any atom is -0.496 e. The molecule has 0 aliphatic heterocycles. The highest BCUT2D eigenvalue weighted by molar-refractivity contribution is 9.10. The highest BCUT2D eigenvalue weighted by Gasteiger charge is 2.11. The molecule has 0 bridgehead atoms. The number of hydrogen-bond acceptors (Lipinski definition) is 2. The fraction of sp³-hybridized carbons (Fsp3) is 0.133. The van der Waals surface area contributed by atoms with Gasteiger partial charge in [-0.05, 0) is 58.7 Å². The quantitative estimate of drug-likeness (QED) is 0.807. The summed E-state index contributed by atoms with van der Waals surface area (Å²) in [5.74, 6) is 0.586. The predicted octanol–water partition coefficient (Wildman–Crippen LogP) is 4.78. The van der Waals surface area contributed by atoms with E-state index in [2.05, 4.69) is 37.2 Å². The molecule has 1 N–H and O–H groups in total. The lowest BCUT2D eigenvalue weighted by molar-refractivity contribution is 0.102. The summed E-state index contributed by atoms with van der Waals surface area (Å²) in [5, 5.41) is 2.87. The molecule has 5 heteroatoms. The Hall–Kier alpha value is -1.33. The number of benzene rings is 2. The number of carbonyl (C=O) groups is 1. The van der Waals surface area contributed by atoms with Crippen LogP contribution in [-0.2, 0) is 0 Å². The maximum Gasteiger partial charge on any atom is 0.255 e. The van der Waals surface area contributed by atoms with Crippen LogP contribution in [0, 0.1) is 6.92 Å². The fourth-order valence-electron chi connectivity index (χ4n) is 1.80. The van der Waals surface area contributed by atoms with Crippen molar-refractivity contribution >= 4 is 43.5 Å². The minimum atomic E-state index is -0.138. The first kappa shape index (κ1) is 15.1. The van der Waals surface area contributed by atoms with Crippen molar-refractivity contribution < 1.29 is 9.53 Å². The Morgan fingerprint density at radius 2 is 1.90 bits per heavy atom. The van der Waals surface area contributed by atoms with Gasteiger partial charge in [0, 0.05) is 15.7 Å². The van der Waals surface area contributed by atoms with Crippen LogP contribution in [0.4, 0.5) is 5.69 Å². The molecular formula is C15H13Br2NO2. The first-order valence-corrected chi connectivity index (χ1v) is 7.51. The number of hydrogen-bond donors (Lipinski definition) is 1. The molecule has 3 nitrogen and oxygen atoms in total. The Morgan fingerprint density at radius 1 is 1.15 bits per heavy atom. The Kier molecular flexibility index (Phi) is 4.83. The molecular weight excluding hydrogens is 386 g/mol. The van der Waals surface area contributed by atoms with Gasteiger partial charge in [0.25, 0.3) is 5.91 Å². The Labute approximate surface area is 134 Å². The summed E-state index contributed by atoms with van der Waals surface area (Å²) in [6, 6.07) is 11.0. The van der Waals surface area contributed by atoms with E-state index >= 15 is 0 Å². The van der Waals surface area contributed by atoms with Crippen molar-refractivity contribution in [2.24, 2.45) is 0 Å². The van der Waals surface area contributed by atoms with E-state index in [1.54, 1.807) is 25.3 Å². The van der Waals surface area contributed by atoms with Crippen molar-refractivity contribution in [1.82, 2.24) is 0 Å². The topological polar surface area (TPSA) is 38.3 Å². The molecule has 20 heavy (non-hydrogen) atoms. The third-order valence-corrected chi connectivity index (χ3v) is 4.40. The van der Waals surface area contributed by atoms with Gasteiger partial charge in [0.05, 0.1) is 11.6 Å². The van der Waals surface area contributed by atoms with Crippen LogP contribution in [0.1, 0.15) is 15.9 Å². The van der Waals surface area contributed by atoms with Gasteiger partial charge in [-0.3, -0.25) is 4.79 Å². The standard InChI is InChI=1S/C15H13Br2NO2/c1-9-11(4-3-5-12(9)16)15(19)18-10-6-7-14(20-2)13(17)8-10/h3-8H,1-2H3,(H,18,19). The molecule has 104 valence electrons. The SMILES string of the molecule is COc1ccc(NC(=O)c2cccc(Br)c2C)cc1Br. The largest absolute Gasteiger partial charge is 0.496 e. The molecule has 1 amide bonds. The second-order valence-corrected chi connectivity index (χ2v) is 5.92. The summed E-state index contributed by atoms with van der Waals surface area (Å²) in [4.78, 5) is 12.3. The second-order valence-electron chi connectivity index (χ2n) is 4.22. The number of anilines is 1. The van der Waals surface area contributed by atoms with Gasteiger partial charge < -0.3 is 10.1 Å². The normalized spacial score (nSPS) is 10.2. The highest BCUT2D eigenvalue weighted by Crippen LogP contribution is 2.28. The zero-order chi connectivity index (χ0) is 14.7. The molecule has 0 aromatic heterocycles. The lowest BCUT2D eigenvalue weighted by atomic mass is 10.1. The van der Waals surface area contributed by atoms with Crippen LogP contribution in [0.25, 0.3) is 0 Å². The van der Waals surface area contributed by atoms with Crippen LogP contribution in [0.5, 0.6) is 5.75 Å². The number of halogens is 2. The maximum absolute atomic E-state index is 12.3. The lowest BCUT2D eigenvalue weighted by Crippen LogP contribution is -2.13. The second kappa shape index (κ2) is 6.41. The molecule has 0 saturated carbocycles. The molecule has 0 unspecified atom stereocenters. The van der Waals surface area contributed by atoms with Crippen molar-refractivity contribution in [2.45, 2.75) is 6.92 Å².